The van der Waals surface area contributed by atoms with Crippen LogP contribution in [0.3, 0.4) is 0 Å². The number of halogens is 1. The molecule has 0 unspecified atom stereocenters. The van der Waals surface area contributed by atoms with E-state index in [0.717, 1.165) is 0 Å². The Morgan fingerprint density at radius 3 is 2.31 bits per heavy atom. The molecular weight excluding hydrogens is 449 g/mol. The van der Waals surface area contributed by atoms with Gasteiger partial charge in [0.1, 0.15) is 23.5 Å². The Labute approximate surface area is 203 Å². The van der Waals surface area contributed by atoms with Crippen LogP contribution in [0.2, 0.25) is 0 Å². The predicted octanol–water partition coefficient (Wildman–Crippen LogP) is 4.01. The molecule has 8 nitrogen and oxygen atoms in total. The van der Waals surface area contributed by atoms with Crippen molar-refractivity contribution in [3.63, 3.8) is 0 Å². The first-order valence-corrected chi connectivity index (χ1v) is 11.1. The van der Waals surface area contributed by atoms with Crippen molar-refractivity contribution < 1.29 is 18.7 Å². The van der Waals surface area contributed by atoms with Crippen LogP contribution < -0.4 is 15.4 Å². The van der Waals surface area contributed by atoms with Crippen molar-refractivity contribution in [1.29, 1.82) is 5.26 Å². The van der Waals surface area contributed by atoms with Gasteiger partial charge in [-0.25, -0.2) is 4.39 Å². The standard InChI is InChI=1S/C26H28FN5O3/c1-5-31(15-24(33)29-20-9-11-22(35-4)12-10-20)16-25(34)30-26-23(14-28)17(2)18(3)32(26)21-8-6-7-19(27)13-21/h6-13H,5,15-16H2,1-4H3,(H,29,33)(H,30,34). The number of nitrogens with zero attached hydrogens (tertiary/aromatic N) is 3. The molecule has 2 amide bonds. The zero-order valence-electron chi connectivity index (χ0n) is 20.2. The highest BCUT2D eigenvalue weighted by atomic mass is 19.1. The molecule has 0 fully saturated rings. The van der Waals surface area contributed by atoms with Gasteiger partial charge in [0.05, 0.1) is 31.5 Å². The summed E-state index contributed by atoms with van der Waals surface area (Å²) in [4.78, 5) is 27.1. The van der Waals surface area contributed by atoms with Gasteiger partial charge < -0.3 is 15.4 Å². The number of aromatic nitrogens is 1. The van der Waals surface area contributed by atoms with Crippen LogP contribution in [-0.4, -0.2) is 48.0 Å². The number of nitrogens with one attached hydrogen (secondary N) is 2. The second-order valence-electron chi connectivity index (χ2n) is 7.99. The summed E-state index contributed by atoms with van der Waals surface area (Å²) >= 11 is 0. The normalized spacial score (nSPS) is 10.7. The summed E-state index contributed by atoms with van der Waals surface area (Å²) in [5.41, 5.74) is 2.83. The summed E-state index contributed by atoms with van der Waals surface area (Å²) in [5, 5.41) is 15.3. The van der Waals surface area contributed by atoms with Gasteiger partial charge in [-0.05, 0) is 68.4 Å². The van der Waals surface area contributed by atoms with E-state index < -0.39 is 11.7 Å². The molecule has 1 aromatic heterocycles. The summed E-state index contributed by atoms with van der Waals surface area (Å²) in [7, 11) is 1.56. The molecule has 9 heteroatoms. The lowest BCUT2D eigenvalue weighted by Crippen LogP contribution is -2.39. The van der Waals surface area contributed by atoms with Gasteiger partial charge in [0, 0.05) is 11.4 Å². The Balaban J connectivity index is 1.73. The van der Waals surface area contributed by atoms with Crippen molar-refractivity contribution in [2.45, 2.75) is 20.8 Å². The van der Waals surface area contributed by atoms with Gasteiger partial charge in [-0.15, -0.1) is 0 Å². The molecule has 0 aliphatic heterocycles. The lowest BCUT2D eigenvalue weighted by atomic mass is 10.2. The van der Waals surface area contributed by atoms with E-state index in [1.54, 1.807) is 66.8 Å². The summed E-state index contributed by atoms with van der Waals surface area (Å²) in [6.45, 7) is 5.82. The molecule has 2 N–H and O–H groups in total. The van der Waals surface area contributed by atoms with Crippen molar-refractivity contribution in [3.8, 4) is 17.5 Å². The van der Waals surface area contributed by atoms with Crippen LogP contribution in [0.25, 0.3) is 5.69 Å². The van der Waals surface area contributed by atoms with Gasteiger partial charge in [-0.1, -0.05) is 13.0 Å². The number of carbonyl (C=O) groups excluding carboxylic acids is 2. The van der Waals surface area contributed by atoms with Crippen molar-refractivity contribution in [2.75, 3.05) is 37.4 Å². The number of likely N-dealkylation sites (N-methyl/N-ethyl adjacent to an activating group) is 1. The van der Waals surface area contributed by atoms with Gasteiger partial charge in [-0.2, -0.15) is 5.26 Å². The molecule has 0 bridgehead atoms. The van der Waals surface area contributed by atoms with E-state index in [1.807, 2.05) is 6.92 Å². The molecule has 0 spiro atoms. The quantitative estimate of drug-likeness (QED) is 0.485. The van der Waals surface area contributed by atoms with Crippen molar-refractivity contribution in [2.24, 2.45) is 0 Å². The van der Waals surface area contributed by atoms with Crippen LogP contribution in [0, 0.1) is 31.0 Å². The van der Waals surface area contributed by atoms with E-state index in [4.69, 9.17) is 4.74 Å². The third kappa shape index (κ3) is 6.05. The molecule has 35 heavy (non-hydrogen) atoms. The fourth-order valence-corrected chi connectivity index (χ4v) is 3.73. The molecule has 0 aliphatic rings. The molecular formula is C26H28FN5O3. The molecule has 0 radical (unpaired) electrons. The number of methoxy groups -OCH3 is 1. The number of benzene rings is 2. The molecule has 1 heterocycles. The highest BCUT2D eigenvalue weighted by Gasteiger charge is 2.22. The summed E-state index contributed by atoms with van der Waals surface area (Å²) < 4.78 is 20.6. The van der Waals surface area contributed by atoms with Gasteiger partial charge in [0.25, 0.3) is 0 Å². The Morgan fingerprint density at radius 2 is 1.74 bits per heavy atom. The zero-order chi connectivity index (χ0) is 25.5. The number of hydrogen-bond donors (Lipinski definition) is 2. The van der Waals surface area contributed by atoms with E-state index in [1.165, 1.54) is 12.1 Å². The predicted molar refractivity (Wildman–Crippen MR) is 132 cm³/mol. The van der Waals surface area contributed by atoms with E-state index in [-0.39, 0.29) is 24.8 Å². The largest absolute Gasteiger partial charge is 0.497 e. The maximum Gasteiger partial charge on any atom is 0.239 e. The van der Waals surface area contributed by atoms with Gasteiger partial charge >= 0.3 is 0 Å². The van der Waals surface area contributed by atoms with Crippen molar-refractivity contribution in [1.82, 2.24) is 9.47 Å². The van der Waals surface area contributed by atoms with Crippen LogP contribution >= 0.6 is 0 Å². The van der Waals surface area contributed by atoms with Crippen molar-refractivity contribution in [3.05, 3.63) is 71.2 Å². The Morgan fingerprint density at radius 1 is 1.09 bits per heavy atom. The minimum atomic E-state index is -0.427. The van der Waals surface area contributed by atoms with E-state index in [0.29, 0.717) is 40.5 Å². The van der Waals surface area contributed by atoms with E-state index in [2.05, 4.69) is 16.7 Å². The monoisotopic (exact) mass is 477 g/mol. The number of anilines is 2. The van der Waals surface area contributed by atoms with Crippen molar-refractivity contribution >= 4 is 23.3 Å². The fraction of sp³-hybridized carbons (Fsp3) is 0.269. The topological polar surface area (TPSA) is 99.4 Å². The first-order chi connectivity index (χ1) is 16.8. The lowest BCUT2D eigenvalue weighted by Gasteiger charge is -2.20. The Bertz CT molecular complexity index is 1260. The Kier molecular flexibility index (Phi) is 8.23. The van der Waals surface area contributed by atoms with Gasteiger partial charge in [-0.3, -0.25) is 19.1 Å². The highest BCUT2D eigenvalue weighted by Crippen LogP contribution is 2.30. The van der Waals surface area contributed by atoms with Gasteiger partial charge in [0.15, 0.2) is 0 Å². The first kappa shape index (κ1) is 25.5. The minimum Gasteiger partial charge on any atom is -0.497 e. The molecule has 0 atom stereocenters. The molecule has 3 aromatic rings. The Hall–Kier alpha value is -4.16. The van der Waals surface area contributed by atoms with Crippen LogP contribution in [0.5, 0.6) is 5.75 Å². The number of carbonyl (C=O) groups is 2. The molecule has 182 valence electrons. The number of rotatable bonds is 9. The molecule has 0 aliphatic carbocycles. The summed E-state index contributed by atoms with van der Waals surface area (Å²) in [6.07, 6.45) is 0. The first-order valence-electron chi connectivity index (χ1n) is 11.1. The van der Waals surface area contributed by atoms with Gasteiger partial charge in [0.2, 0.25) is 11.8 Å². The lowest BCUT2D eigenvalue weighted by molar-refractivity contribution is -0.119. The number of ether oxygens (including phenoxy) is 1. The summed E-state index contributed by atoms with van der Waals surface area (Å²) in [5.74, 6) is -0.130. The number of hydrogen-bond acceptors (Lipinski definition) is 5. The second kappa shape index (κ2) is 11.3. The minimum absolute atomic E-state index is 0.00399. The fourth-order valence-electron chi connectivity index (χ4n) is 3.73. The molecule has 3 rings (SSSR count). The third-order valence-corrected chi connectivity index (χ3v) is 5.70. The average molecular weight is 478 g/mol. The summed E-state index contributed by atoms with van der Waals surface area (Å²) in [6, 6.07) is 15.0. The molecule has 2 aromatic carbocycles. The molecule has 0 saturated carbocycles. The highest BCUT2D eigenvalue weighted by molar-refractivity contribution is 5.95. The van der Waals surface area contributed by atoms with Crippen LogP contribution in [-0.2, 0) is 9.59 Å². The number of nitriles is 1. The maximum atomic E-state index is 13.9. The second-order valence-corrected chi connectivity index (χ2v) is 7.99. The smallest absolute Gasteiger partial charge is 0.239 e. The zero-order valence-corrected chi connectivity index (χ0v) is 20.2. The van der Waals surface area contributed by atoms with Crippen LogP contribution in [0.1, 0.15) is 23.7 Å². The van der Waals surface area contributed by atoms with Crippen LogP contribution in [0.15, 0.2) is 48.5 Å². The third-order valence-electron chi connectivity index (χ3n) is 5.70. The maximum absolute atomic E-state index is 13.9. The van der Waals surface area contributed by atoms with Crippen LogP contribution in [0.4, 0.5) is 15.9 Å². The van der Waals surface area contributed by atoms with E-state index in [9.17, 15) is 19.2 Å². The SMILES string of the molecule is CCN(CC(=O)Nc1ccc(OC)cc1)CC(=O)Nc1c(C#N)c(C)c(C)n1-c1cccc(F)c1. The van der Waals surface area contributed by atoms with E-state index >= 15 is 0 Å². The average Bonchev–Trinajstić information content (AvgIpc) is 3.07. The molecule has 0 saturated heterocycles. The number of amides is 2.